The van der Waals surface area contributed by atoms with Crippen molar-refractivity contribution in [3.63, 3.8) is 0 Å². The van der Waals surface area contributed by atoms with E-state index in [4.69, 9.17) is 5.11 Å². The van der Waals surface area contributed by atoms with E-state index in [2.05, 4.69) is 10.1 Å². The van der Waals surface area contributed by atoms with Gasteiger partial charge < -0.3 is 15.2 Å². The van der Waals surface area contributed by atoms with Crippen molar-refractivity contribution in [2.24, 2.45) is 0 Å². The van der Waals surface area contributed by atoms with E-state index < -0.39 is 12.4 Å². The Morgan fingerprint density at radius 3 is 2.86 bits per heavy atom. The Bertz CT molecular complexity index is 92.2. The van der Waals surface area contributed by atoms with Crippen LogP contribution in [0.25, 0.3) is 0 Å². The highest BCUT2D eigenvalue weighted by molar-refractivity contribution is 5.68. The molecule has 1 aliphatic rings. The zero-order valence-electron chi connectivity index (χ0n) is 3.55. The molecule has 4 nitrogen and oxygen atoms in total. The third kappa shape index (κ3) is 0.806. The number of alkyl carbamates (subject to hydrolysis) is 1. The number of hydrogen-bond donors (Lipinski definition) is 2. The monoisotopic (exact) mass is 103 g/mol. The molecular weight excluding hydrogens is 98.0 g/mol. The molecular formula is C3H5NO3. The number of nitrogens with one attached hydrogen (secondary N) is 1. The molecule has 1 fully saturated rings. The zero-order chi connectivity index (χ0) is 5.28. The second kappa shape index (κ2) is 1.38. The maximum Gasteiger partial charge on any atom is 0.409 e. The minimum absolute atomic E-state index is 0.207. The molecule has 1 atom stereocenters. The molecule has 1 heterocycles. The second-order valence-corrected chi connectivity index (χ2v) is 1.24. The van der Waals surface area contributed by atoms with Crippen LogP contribution in [-0.4, -0.2) is 24.0 Å². The molecule has 1 aliphatic heterocycles. The molecule has 40 valence electrons. The summed E-state index contributed by atoms with van der Waals surface area (Å²) in [6.07, 6.45) is -1.49. The van der Waals surface area contributed by atoms with Gasteiger partial charge >= 0.3 is 6.09 Å². The number of aliphatic hydroxyl groups is 1. The van der Waals surface area contributed by atoms with Crippen LogP contribution in [0.2, 0.25) is 0 Å². The predicted octanol–water partition coefficient (Wildman–Crippen LogP) is -0.955. The van der Waals surface area contributed by atoms with Gasteiger partial charge in [0.2, 0.25) is 6.29 Å². The van der Waals surface area contributed by atoms with Crippen LogP contribution >= 0.6 is 0 Å². The smallest absolute Gasteiger partial charge is 0.409 e. The Balaban J connectivity index is 2.40. The first-order valence-corrected chi connectivity index (χ1v) is 1.91. The highest BCUT2D eigenvalue weighted by atomic mass is 16.7. The molecule has 0 bridgehead atoms. The molecule has 2 N–H and O–H groups in total. The predicted molar refractivity (Wildman–Crippen MR) is 20.5 cm³/mol. The van der Waals surface area contributed by atoms with Crippen LogP contribution in [0.15, 0.2) is 0 Å². The largest absolute Gasteiger partial charge is 0.418 e. The van der Waals surface area contributed by atoms with Crippen LogP contribution in [0.4, 0.5) is 4.79 Å². The van der Waals surface area contributed by atoms with Crippen molar-refractivity contribution >= 4 is 6.09 Å². The van der Waals surface area contributed by atoms with Gasteiger partial charge in [0, 0.05) is 0 Å². The zero-order valence-corrected chi connectivity index (χ0v) is 3.55. The van der Waals surface area contributed by atoms with Crippen LogP contribution in [0.1, 0.15) is 0 Å². The number of ether oxygens (including phenoxy) is 1. The van der Waals surface area contributed by atoms with Gasteiger partial charge in [-0.05, 0) is 0 Å². The SMILES string of the molecule is O=C1NC[C@H](O)O1. The van der Waals surface area contributed by atoms with Crippen molar-refractivity contribution in [3.05, 3.63) is 0 Å². The summed E-state index contributed by atoms with van der Waals surface area (Å²) in [6.45, 7) is 0.207. The Morgan fingerprint density at radius 1 is 2.00 bits per heavy atom. The summed E-state index contributed by atoms with van der Waals surface area (Å²) < 4.78 is 4.17. The lowest BCUT2D eigenvalue weighted by atomic mass is 10.7. The van der Waals surface area contributed by atoms with Gasteiger partial charge in [-0.25, -0.2) is 4.79 Å². The molecule has 0 radical (unpaired) electrons. The van der Waals surface area contributed by atoms with Crippen LogP contribution in [0.3, 0.4) is 0 Å². The van der Waals surface area contributed by atoms with Crippen LogP contribution in [0, 0.1) is 0 Å². The van der Waals surface area contributed by atoms with E-state index in [-0.39, 0.29) is 6.54 Å². The Hall–Kier alpha value is -0.770. The first kappa shape index (κ1) is 4.39. The van der Waals surface area contributed by atoms with E-state index >= 15 is 0 Å². The van der Waals surface area contributed by atoms with E-state index in [1.807, 2.05) is 0 Å². The topological polar surface area (TPSA) is 58.6 Å². The molecule has 1 amide bonds. The lowest BCUT2D eigenvalue weighted by Crippen LogP contribution is -2.13. The number of cyclic esters (lactones) is 1. The molecule has 1 saturated heterocycles. The van der Waals surface area contributed by atoms with Gasteiger partial charge in [-0.15, -0.1) is 0 Å². The number of rotatable bonds is 0. The van der Waals surface area contributed by atoms with Crippen LogP contribution < -0.4 is 5.32 Å². The molecule has 0 aliphatic carbocycles. The molecule has 0 unspecified atom stereocenters. The van der Waals surface area contributed by atoms with Crippen molar-refractivity contribution in [2.75, 3.05) is 6.54 Å². The fraction of sp³-hybridized carbons (Fsp3) is 0.667. The van der Waals surface area contributed by atoms with Crippen molar-refractivity contribution < 1.29 is 14.6 Å². The number of aliphatic hydroxyl groups excluding tert-OH is 1. The molecule has 0 spiro atoms. The van der Waals surface area contributed by atoms with Gasteiger partial charge in [0.05, 0.1) is 6.54 Å². The molecule has 0 aromatic carbocycles. The lowest BCUT2D eigenvalue weighted by molar-refractivity contribution is -0.0149. The fourth-order valence-corrected chi connectivity index (χ4v) is 0.378. The van der Waals surface area contributed by atoms with Gasteiger partial charge in [0.15, 0.2) is 0 Å². The average molecular weight is 103 g/mol. The lowest BCUT2D eigenvalue weighted by Gasteiger charge is -1.92. The van der Waals surface area contributed by atoms with Crippen molar-refractivity contribution in [1.82, 2.24) is 5.32 Å². The fourth-order valence-electron chi connectivity index (χ4n) is 0.378. The summed E-state index contributed by atoms with van der Waals surface area (Å²) in [6, 6.07) is 0. The first-order valence-electron chi connectivity index (χ1n) is 1.91. The number of carbonyl (C=O) groups is 1. The maximum absolute atomic E-state index is 9.96. The molecule has 0 aromatic rings. The van der Waals surface area contributed by atoms with E-state index in [9.17, 15) is 4.79 Å². The summed E-state index contributed by atoms with van der Waals surface area (Å²) >= 11 is 0. The number of amides is 1. The molecule has 1 rings (SSSR count). The van der Waals surface area contributed by atoms with Gasteiger partial charge in [0.1, 0.15) is 0 Å². The maximum atomic E-state index is 9.96. The van der Waals surface area contributed by atoms with Gasteiger partial charge in [-0.3, -0.25) is 0 Å². The third-order valence-corrected chi connectivity index (χ3v) is 0.664. The van der Waals surface area contributed by atoms with Gasteiger partial charge in [-0.1, -0.05) is 0 Å². The molecule has 7 heavy (non-hydrogen) atoms. The van der Waals surface area contributed by atoms with E-state index in [0.717, 1.165) is 0 Å². The third-order valence-electron chi connectivity index (χ3n) is 0.664. The van der Waals surface area contributed by atoms with E-state index in [1.165, 1.54) is 0 Å². The van der Waals surface area contributed by atoms with Crippen molar-refractivity contribution in [3.8, 4) is 0 Å². The summed E-state index contributed by atoms with van der Waals surface area (Å²) in [5, 5.41) is 10.7. The Morgan fingerprint density at radius 2 is 2.71 bits per heavy atom. The molecule has 0 aromatic heterocycles. The standard InChI is InChI=1S/C3H5NO3/c5-2-1-4-3(6)7-2/h2,5H,1H2,(H,4,6)/t2-/m1/s1. The number of hydrogen-bond acceptors (Lipinski definition) is 3. The second-order valence-electron chi connectivity index (χ2n) is 1.24. The van der Waals surface area contributed by atoms with E-state index in [0.29, 0.717) is 0 Å². The minimum atomic E-state index is -0.938. The van der Waals surface area contributed by atoms with E-state index in [1.54, 1.807) is 0 Å². The Kier molecular flexibility index (Phi) is 0.867. The quantitative estimate of drug-likeness (QED) is 0.415. The average Bonchev–Trinajstić information content (AvgIpc) is 1.87. The molecule has 0 saturated carbocycles. The highest BCUT2D eigenvalue weighted by Crippen LogP contribution is 1.92. The normalized spacial score (nSPS) is 29.3. The van der Waals surface area contributed by atoms with Crippen molar-refractivity contribution in [2.45, 2.75) is 6.29 Å². The molecule has 4 heteroatoms. The summed E-state index contributed by atoms with van der Waals surface area (Å²) in [5.41, 5.74) is 0. The minimum Gasteiger partial charge on any atom is -0.418 e. The number of carbonyl (C=O) groups excluding carboxylic acids is 1. The number of β-amino-alcohol motifs (C(OH)–C–C–N with tert-alkyl or cyclic N) is 1. The highest BCUT2D eigenvalue weighted by Gasteiger charge is 2.18. The van der Waals surface area contributed by atoms with Crippen LogP contribution in [-0.2, 0) is 4.74 Å². The summed E-state index contributed by atoms with van der Waals surface area (Å²) in [7, 11) is 0. The van der Waals surface area contributed by atoms with Crippen LogP contribution in [0.5, 0.6) is 0 Å². The van der Waals surface area contributed by atoms with Gasteiger partial charge in [-0.2, -0.15) is 0 Å². The Labute approximate surface area is 40.1 Å². The first-order chi connectivity index (χ1) is 3.29. The summed E-state index contributed by atoms with van der Waals surface area (Å²) in [5.74, 6) is 0. The van der Waals surface area contributed by atoms with Crippen molar-refractivity contribution in [1.29, 1.82) is 0 Å². The van der Waals surface area contributed by atoms with Gasteiger partial charge in [0.25, 0.3) is 0 Å². The summed E-state index contributed by atoms with van der Waals surface area (Å²) in [4.78, 5) is 9.96.